The third-order valence-electron chi connectivity index (χ3n) is 2.98. The normalized spacial score (nSPS) is 28.2. The summed E-state index contributed by atoms with van der Waals surface area (Å²) in [7, 11) is 0.201. The van der Waals surface area contributed by atoms with E-state index in [0.29, 0.717) is 19.6 Å². The van der Waals surface area contributed by atoms with Gasteiger partial charge in [0, 0.05) is 19.8 Å². The van der Waals surface area contributed by atoms with Gasteiger partial charge < -0.3 is 14.8 Å². The maximum atomic E-state index is 12.1. The molecule has 1 aliphatic heterocycles. The maximum absolute atomic E-state index is 12.1. The Balaban J connectivity index is 2.62. The Morgan fingerprint density at radius 3 is 2.69 bits per heavy atom. The van der Waals surface area contributed by atoms with E-state index in [2.05, 4.69) is 5.32 Å². The first-order chi connectivity index (χ1) is 7.51. The number of ether oxygens (including phenoxy) is 2. The predicted octanol–water partition coefficient (Wildman–Crippen LogP) is -0.187. The summed E-state index contributed by atoms with van der Waals surface area (Å²) in [6.45, 7) is 2.76. The molecule has 6 heteroatoms. The molecule has 3 unspecified atom stereocenters. The quantitative estimate of drug-likeness (QED) is 0.709. The maximum Gasteiger partial charge on any atom is 0.157 e. The van der Waals surface area contributed by atoms with E-state index < -0.39 is 9.84 Å². The zero-order valence-electron chi connectivity index (χ0n) is 10.1. The van der Waals surface area contributed by atoms with Crippen LogP contribution in [0.4, 0.5) is 0 Å². The molecule has 0 aromatic heterocycles. The Morgan fingerprint density at radius 1 is 1.56 bits per heavy atom. The molecule has 1 saturated heterocycles. The van der Waals surface area contributed by atoms with Crippen molar-refractivity contribution in [3.63, 3.8) is 0 Å². The molecule has 0 aliphatic carbocycles. The van der Waals surface area contributed by atoms with Gasteiger partial charge in [0.25, 0.3) is 0 Å². The van der Waals surface area contributed by atoms with Gasteiger partial charge in [-0.2, -0.15) is 0 Å². The summed E-state index contributed by atoms with van der Waals surface area (Å²) in [5, 5.41) is 2.59. The van der Waals surface area contributed by atoms with Crippen molar-refractivity contribution in [3.8, 4) is 0 Å². The first kappa shape index (κ1) is 13.9. The lowest BCUT2D eigenvalue weighted by Crippen LogP contribution is -2.41. The fourth-order valence-electron chi connectivity index (χ4n) is 2.00. The first-order valence-corrected chi connectivity index (χ1v) is 7.22. The minimum atomic E-state index is -3.11. The van der Waals surface area contributed by atoms with Crippen molar-refractivity contribution in [3.05, 3.63) is 0 Å². The summed E-state index contributed by atoms with van der Waals surface area (Å²) in [6.07, 6.45) is 0.414. The van der Waals surface area contributed by atoms with Gasteiger partial charge in [0.1, 0.15) is 0 Å². The number of hydrogen-bond donors (Lipinski definition) is 1. The molecule has 3 atom stereocenters. The van der Waals surface area contributed by atoms with Crippen LogP contribution in [0.5, 0.6) is 0 Å². The lowest BCUT2D eigenvalue weighted by atomic mass is 10.3. The topological polar surface area (TPSA) is 64.6 Å². The van der Waals surface area contributed by atoms with Crippen LogP contribution in [-0.2, 0) is 19.3 Å². The second-order valence-electron chi connectivity index (χ2n) is 4.17. The number of methoxy groups -OCH3 is 1. The standard InChI is InChI=1S/C10H21NO4S/c1-8-10(4-5-15-8)16(12,13)7-9(11-2)6-14-3/h8-11H,4-7H2,1-3H3. The van der Waals surface area contributed by atoms with Crippen molar-refractivity contribution in [2.24, 2.45) is 0 Å². The van der Waals surface area contributed by atoms with Gasteiger partial charge in [-0.15, -0.1) is 0 Å². The first-order valence-electron chi connectivity index (χ1n) is 5.50. The summed E-state index contributed by atoms with van der Waals surface area (Å²) in [4.78, 5) is 0. The van der Waals surface area contributed by atoms with Crippen molar-refractivity contribution in [1.82, 2.24) is 5.32 Å². The fraction of sp³-hybridized carbons (Fsp3) is 1.00. The summed E-state index contributed by atoms with van der Waals surface area (Å²) < 4.78 is 34.5. The van der Waals surface area contributed by atoms with Gasteiger partial charge in [-0.25, -0.2) is 8.42 Å². The van der Waals surface area contributed by atoms with E-state index in [1.165, 1.54) is 0 Å². The van der Waals surface area contributed by atoms with Crippen LogP contribution in [0.3, 0.4) is 0 Å². The number of hydrogen-bond acceptors (Lipinski definition) is 5. The molecule has 0 spiro atoms. The van der Waals surface area contributed by atoms with E-state index in [4.69, 9.17) is 9.47 Å². The Bertz CT molecular complexity index is 304. The molecule has 0 radical (unpaired) electrons. The van der Waals surface area contributed by atoms with Gasteiger partial charge in [-0.3, -0.25) is 0 Å². The van der Waals surface area contributed by atoms with Crippen molar-refractivity contribution in [2.75, 3.05) is 33.1 Å². The molecular formula is C10H21NO4S. The Kier molecular flexibility index (Phi) is 5.17. The molecule has 1 rings (SSSR count). The molecule has 0 aromatic carbocycles. The average molecular weight is 251 g/mol. The highest BCUT2D eigenvalue weighted by molar-refractivity contribution is 7.92. The van der Waals surface area contributed by atoms with Crippen LogP contribution in [0.2, 0.25) is 0 Å². The van der Waals surface area contributed by atoms with Crippen LogP contribution < -0.4 is 5.32 Å². The molecule has 96 valence electrons. The fourth-order valence-corrected chi connectivity index (χ4v) is 4.19. The highest BCUT2D eigenvalue weighted by Gasteiger charge is 2.36. The molecule has 1 N–H and O–H groups in total. The Morgan fingerprint density at radius 2 is 2.25 bits per heavy atom. The minimum absolute atomic E-state index is 0.107. The van der Waals surface area contributed by atoms with Crippen LogP contribution in [0, 0.1) is 0 Å². The predicted molar refractivity (Wildman–Crippen MR) is 62.3 cm³/mol. The molecule has 0 aromatic rings. The number of rotatable bonds is 6. The SMILES string of the molecule is CNC(COC)CS(=O)(=O)C1CCOC1C. The summed E-state index contributed by atoms with van der Waals surface area (Å²) in [5.74, 6) is 0.107. The number of nitrogens with one attached hydrogen (secondary N) is 1. The van der Waals surface area contributed by atoms with Crippen LogP contribution in [-0.4, -0.2) is 58.9 Å². The largest absolute Gasteiger partial charge is 0.383 e. The third kappa shape index (κ3) is 3.41. The van der Waals surface area contributed by atoms with E-state index in [1.54, 1.807) is 14.2 Å². The number of sulfone groups is 1. The minimum Gasteiger partial charge on any atom is -0.383 e. The summed E-state index contributed by atoms with van der Waals surface area (Å²) in [6, 6.07) is -0.150. The summed E-state index contributed by atoms with van der Waals surface area (Å²) >= 11 is 0. The second-order valence-corrected chi connectivity index (χ2v) is 6.44. The highest BCUT2D eigenvalue weighted by Crippen LogP contribution is 2.21. The van der Waals surface area contributed by atoms with Gasteiger partial charge in [0.05, 0.1) is 23.7 Å². The molecule has 1 aliphatic rings. The molecule has 16 heavy (non-hydrogen) atoms. The van der Waals surface area contributed by atoms with E-state index in [1.807, 2.05) is 6.92 Å². The highest BCUT2D eigenvalue weighted by atomic mass is 32.2. The molecule has 5 nitrogen and oxygen atoms in total. The zero-order chi connectivity index (χ0) is 12.2. The molecular weight excluding hydrogens is 230 g/mol. The molecule has 0 amide bonds. The van der Waals surface area contributed by atoms with Crippen LogP contribution >= 0.6 is 0 Å². The van der Waals surface area contributed by atoms with Crippen molar-refractivity contribution >= 4 is 9.84 Å². The average Bonchev–Trinajstić information content (AvgIpc) is 2.64. The molecule has 1 heterocycles. The van der Waals surface area contributed by atoms with Gasteiger partial charge >= 0.3 is 0 Å². The lowest BCUT2D eigenvalue weighted by molar-refractivity contribution is 0.126. The van der Waals surface area contributed by atoms with Gasteiger partial charge in [0.2, 0.25) is 0 Å². The zero-order valence-corrected chi connectivity index (χ0v) is 10.9. The van der Waals surface area contributed by atoms with Crippen LogP contribution in [0.1, 0.15) is 13.3 Å². The lowest BCUT2D eigenvalue weighted by Gasteiger charge is -2.20. The van der Waals surface area contributed by atoms with E-state index in [-0.39, 0.29) is 23.1 Å². The number of likely N-dealkylation sites (N-methyl/N-ethyl adjacent to an activating group) is 1. The molecule has 0 bridgehead atoms. The van der Waals surface area contributed by atoms with E-state index >= 15 is 0 Å². The Labute approximate surface area is 97.4 Å². The monoisotopic (exact) mass is 251 g/mol. The van der Waals surface area contributed by atoms with Crippen LogP contribution in [0.25, 0.3) is 0 Å². The Hall–Kier alpha value is -0.170. The smallest absolute Gasteiger partial charge is 0.157 e. The van der Waals surface area contributed by atoms with Crippen LogP contribution in [0.15, 0.2) is 0 Å². The van der Waals surface area contributed by atoms with E-state index in [0.717, 1.165) is 0 Å². The van der Waals surface area contributed by atoms with Gasteiger partial charge in [0.15, 0.2) is 9.84 Å². The van der Waals surface area contributed by atoms with Crippen molar-refractivity contribution in [2.45, 2.75) is 30.7 Å². The second kappa shape index (κ2) is 5.95. The van der Waals surface area contributed by atoms with Crippen molar-refractivity contribution < 1.29 is 17.9 Å². The van der Waals surface area contributed by atoms with Crippen molar-refractivity contribution in [1.29, 1.82) is 0 Å². The third-order valence-corrected chi connectivity index (χ3v) is 5.39. The summed E-state index contributed by atoms with van der Waals surface area (Å²) in [5.41, 5.74) is 0. The van der Waals surface area contributed by atoms with Gasteiger partial charge in [-0.1, -0.05) is 0 Å². The van der Waals surface area contributed by atoms with Gasteiger partial charge in [-0.05, 0) is 20.4 Å². The molecule has 0 saturated carbocycles. The van der Waals surface area contributed by atoms with E-state index in [9.17, 15) is 8.42 Å². The molecule has 1 fully saturated rings.